The first kappa shape index (κ1) is 18.4. The molecule has 4 nitrogen and oxygen atoms in total. The standard InChI is InChI=1S/C21H32N2O2/c1-21(2,3)20(25)23-13-7-8-16-14-17(9-10-18(16)23)19(24)15-22-11-5-4-6-12-22/h9-10,14,19,24H,4-8,11-13,15H2,1-3H3/t19-/m0/s1. The molecule has 1 saturated heterocycles. The Morgan fingerprint density at radius 2 is 1.84 bits per heavy atom. The Morgan fingerprint density at radius 1 is 1.12 bits per heavy atom. The molecule has 0 bridgehead atoms. The van der Waals surface area contributed by atoms with Gasteiger partial charge in [0.1, 0.15) is 0 Å². The summed E-state index contributed by atoms with van der Waals surface area (Å²) in [4.78, 5) is 17.0. The number of aliphatic hydroxyl groups excluding tert-OH is 1. The Bertz CT molecular complexity index is 615. The first-order valence-electron chi connectivity index (χ1n) is 9.71. The highest BCUT2D eigenvalue weighted by Crippen LogP contribution is 2.33. The fourth-order valence-corrected chi connectivity index (χ4v) is 3.93. The number of carbonyl (C=O) groups excluding carboxylic acids is 1. The largest absolute Gasteiger partial charge is 0.387 e. The number of hydrogen-bond donors (Lipinski definition) is 1. The molecule has 1 atom stereocenters. The predicted molar refractivity (Wildman–Crippen MR) is 102 cm³/mol. The Labute approximate surface area is 151 Å². The molecule has 2 heterocycles. The van der Waals surface area contributed by atoms with E-state index in [4.69, 9.17) is 0 Å². The fraction of sp³-hybridized carbons (Fsp3) is 0.667. The SMILES string of the molecule is CC(C)(C)C(=O)N1CCCc2cc([C@@H](O)CN3CCCCC3)ccc21. The number of amides is 1. The normalized spacial score (nSPS) is 20.2. The van der Waals surface area contributed by atoms with Gasteiger partial charge in [0.2, 0.25) is 5.91 Å². The van der Waals surface area contributed by atoms with Crippen molar-refractivity contribution in [2.45, 2.75) is 59.0 Å². The third-order valence-corrected chi connectivity index (χ3v) is 5.37. The molecule has 1 amide bonds. The summed E-state index contributed by atoms with van der Waals surface area (Å²) < 4.78 is 0. The van der Waals surface area contributed by atoms with Crippen LogP contribution in [0.25, 0.3) is 0 Å². The van der Waals surface area contributed by atoms with Gasteiger partial charge in [0.05, 0.1) is 6.10 Å². The zero-order valence-electron chi connectivity index (χ0n) is 15.9. The van der Waals surface area contributed by atoms with Crippen LogP contribution in [-0.2, 0) is 11.2 Å². The van der Waals surface area contributed by atoms with Crippen molar-refractivity contribution in [3.05, 3.63) is 29.3 Å². The number of likely N-dealkylation sites (tertiary alicyclic amines) is 1. The molecule has 1 N–H and O–H groups in total. The second kappa shape index (κ2) is 7.46. The Hall–Kier alpha value is -1.39. The number of nitrogens with zero attached hydrogens (tertiary/aromatic N) is 2. The van der Waals surface area contributed by atoms with E-state index in [0.29, 0.717) is 6.54 Å². The van der Waals surface area contributed by atoms with Crippen LogP contribution in [0.4, 0.5) is 5.69 Å². The number of carbonyl (C=O) groups is 1. The van der Waals surface area contributed by atoms with Gasteiger partial charge in [-0.2, -0.15) is 0 Å². The van der Waals surface area contributed by atoms with Gasteiger partial charge in [0.25, 0.3) is 0 Å². The molecule has 1 aromatic carbocycles. The minimum absolute atomic E-state index is 0.176. The van der Waals surface area contributed by atoms with E-state index in [9.17, 15) is 9.90 Å². The number of anilines is 1. The van der Waals surface area contributed by atoms with Crippen molar-refractivity contribution in [2.75, 3.05) is 31.1 Å². The molecule has 1 fully saturated rings. The highest BCUT2D eigenvalue weighted by atomic mass is 16.3. The van der Waals surface area contributed by atoms with Crippen LogP contribution in [0.3, 0.4) is 0 Å². The minimum atomic E-state index is -0.447. The number of hydrogen-bond acceptors (Lipinski definition) is 3. The summed E-state index contributed by atoms with van der Waals surface area (Å²) in [6, 6.07) is 6.15. The van der Waals surface area contributed by atoms with Crippen molar-refractivity contribution in [1.29, 1.82) is 0 Å². The van der Waals surface area contributed by atoms with Crippen molar-refractivity contribution < 1.29 is 9.90 Å². The summed E-state index contributed by atoms with van der Waals surface area (Å²) in [6.07, 6.45) is 5.30. The topological polar surface area (TPSA) is 43.8 Å². The molecule has 0 unspecified atom stereocenters. The molecule has 25 heavy (non-hydrogen) atoms. The number of β-amino-alcohol motifs (C(OH)–C–C–N with tert-alkyl or cyclic N) is 1. The lowest BCUT2D eigenvalue weighted by Gasteiger charge is -2.35. The smallest absolute Gasteiger partial charge is 0.232 e. The van der Waals surface area contributed by atoms with Crippen molar-refractivity contribution in [3.63, 3.8) is 0 Å². The highest BCUT2D eigenvalue weighted by molar-refractivity contribution is 5.98. The first-order valence-corrected chi connectivity index (χ1v) is 9.71. The van der Waals surface area contributed by atoms with Crippen LogP contribution in [0, 0.1) is 5.41 Å². The molecule has 0 spiro atoms. The zero-order chi connectivity index (χ0) is 18.0. The van der Waals surface area contributed by atoms with Gasteiger partial charge in [-0.1, -0.05) is 39.3 Å². The van der Waals surface area contributed by atoms with Crippen molar-refractivity contribution >= 4 is 11.6 Å². The van der Waals surface area contributed by atoms with Crippen molar-refractivity contribution in [1.82, 2.24) is 4.90 Å². The molecule has 0 radical (unpaired) electrons. The van der Waals surface area contributed by atoms with Gasteiger partial charge >= 0.3 is 0 Å². The lowest BCUT2D eigenvalue weighted by molar-refractivity contribution is -0.125. The van der Waals surface area contributed by atoms with Gasteiger partial charge in [0, 0.05) is 24.2 Å². The van der Waals surface area contributed by atoms with Gasteiger partial charge in [-0.3, -0.25) is 4.79 Å². The maximum Gasteiger partial charge on any atom is 0.232 e. The molecule has 0 aromatic heterocycles. The zero-order valence-corrected chi connectivity index (χ0v) is 15.9. The van der Waals surface area contributed by atoms with Crippen LogP contribution in [0.2, 0.25) is 0 Å². The Balaban J connectivity index is 1.76. The maximum absolute atomic E-state index is 12.7. The predicted octanol–water partition coefficient (Wildman–Crippen LogP) is 3.53. The van der Waals surface area contributed by atoms with E-state index in [1.807, 2.05) is 37.8 Å². The Kier molecular flexibility index (Phi) is 5.49. The second-order valence-electron chi connectivity index (χ2n) is 8.58. The fourth-order valence-electron chi connectivity index (χ4n) is 3.93. The lowest BCUT2D eigenvalue weighted by Crippen LogP contribution is -2.42. The molecule has 1 aromatic rings. The number of benzene rings is 1. The van der Waals surface area contributed by atoms with Crippen LogP contribution in [-0.4, -0.2) is 42.1 Å². The average Bonchev–Trinajstić information content (AvgIpc) is 2.60. The molecular formula is C21H32N2O2. The summed E-state index contributed by atoms with van der Waals surface area (Å²) in [6.45, 7) is 9.61. The van der Waals surface area contributed by atoms with Crippen LogP contribution in [0.1, 0.15) is 63.7 Å². The van der Waals surface area contributed by atoms with E-state index in [-0.39, 0.29) is 11.3 Å². The summed E-state index contributed by atoms with van der Waals surface area (Å²) in [7, 11) is 0. The van der Waals surface area contributed by atoms with Gasteiger partial charge in [-0.25, -0.2) is 0 Å². The monoisotopic (exact) mass is 344 g/mol. The number of fused-ring (bicyclic) bond motifs is 1. The van der Waals surface area contributed by atoms with E-state index in [0.717, 1.165) is 43.7 Å². The van der Waals surface area contributed by atoms with Crippen molar-refractivity contribution in [2.24, 2.45) is 5.41 Å². The quantitative estimate of drug-likeness (QED) is 0.912. The third-order valence-electron chi connectivity index (χ3n) is 5.37. The van der Waals surface area contributed by atoms with E-state index >= 15 is 0 Å². The average molecular weight is 344 g/mol. The van der Waals surface area contributed by atoms with E-state index in [1.165, 1.54) is 24.8 Å². The number of rotatable bonds is 3. The van der Waals surface area contributed by atoms with E-state index in [1.54, 1.807) is 0 Å². The summed E-state index contributed by atoms with van der Waals surface area (Å²) in [5, 5.41) is 10.7. The van der Waals surface area contributed by atoms with E-state index < -0.39 is 6.10 Å². The number of piperidine rings is 1. The van der Waals surface area contributed by atoms with Crippen molar-refractivity contribution in [3.8, 4) is 0 Å². The summed E-state index contributed by atoms with van der Waals surface area (Å²) in [5.74, 6) is 0.176. The molecule has 2 aliphatic heterocycles. The number of aliphatic hydroxyl groups is 1. The maximum atomic E-state index is 12.7. The molecule has 0 saturated carbocycles. The van der Waals surface area contributed by atoms with Gasteiger partial charge in [0.15, 0.2) is 0 Å². The molecule has 3 rings (SSSR count). The van der Waals surface area contributed by atoms with E-state index in [2.05, 4.69) is 11.0 Å². The van der Waals surface area contributed by atoms with Crippen LogP contribution >= 0.6 is 0 Å². The van der Waals surface area contributed by atoms with Gasteiger partial charge in [-0.05, 0) is 56.0 Å². The van der Waals surface area contributed by atoms with Crippen LogP contribution in [0.5, 0.6) is 0 Å². The highest BCUT2D eigenvalue weighted by Gasteiger charge is 2.31. The number of aryl methyl sites for hydroxylation is 1. The lowest BCUT2D eigenvalue weighted by atomic mass is 9.91. The molecule has 2 aliphatic rings. The molecule has 4 heteroatoms. The van der Waals surface area contributed by atoms with Crippen LogP contribution < -0.4 is 4.90 Å². The summed E-state index contributed by atoms with van der Waals surface area (Å²) in [5.41, 5.74) is 2.83. The summed E-state index contributed by atoms with van der Waals surface area (Å²) >= 11 is 0. The first-order chi connectivity index (χ1) is 11.9. The van der Waals surface area contributed by atoms with Gasteiger partial charge < -0.3 is 14.9 Å². The van der Waals surface area contributed by atoms with Gasteiger partial charge in [-0.15, -0.1) is 0 Å². The Morgan fingerprint density at radius 3 is 2.52 bits per heavy atom. The molecule has 0 aliphatic carbocycles. The third kappa shape index (κ3) is 4.24. The minimum Gasteiger partial charge on any atom is -0.387 e. The van der Waals surface area contributed by atoms with Crippen LogP contribution in [0.15, 0.2) is 18.2 Å². The molecule has 138 valence electrons. The molecular weight excluding hydrogens is 312 g/mol. The second-order valence-corrected chi connectivity index (χ2v) is 8.58.